The number of hydrogen-bond donors (Lipinski definition) is 1. The number of carbonyl (C=O) groups is 1. The Morgan fingerprint density at radius 1 is 1.47 bits per heavy atom. The molecule has 1 aliphatic heterocycles. The number of carbonyl (C=O) groups excluding carboxylic acids is 1. The Hall–Kier alpha value is -0.610. The first-order valence-electron chi connectivity index (χ1n) is 6.28. The first kappa shape index (κ1) is 14.5. The summed E-state index contributed by atoms with van der Waals surface area (Å²) in [4.78, 5) is 13.7. The van der Waals surface area contributed by atoms with Crippen LogP contribution in [0.1, 0.15) is 40.5 Å². The van der Waals surface area contributed by atoms with E-state index >= 15 is 0 Å². The lowest BCUT2D eigenvalue weighted by atomic mass is 9.91. The van der Waals surface area contributed by atoms with Gasteiger partial charge in [0.2, 0.25) is 0 Å². The molecule has 4 heteroatoms. The summed E-state index contributed by atoms with van der Waals surface area (Å²) in [5, 5.41) is 9.05. The van der Waals surface area contributed by atoms with Gasteiger partial charge in [-0.15, -0.1) is 0 Å². The van der Waals surface area contributed by atoms with Gasteiger partial charge < -0.3 is 9.84 Å². The lowest BCUT2D eigenvalue weighted by molar-refractivity contribution is -0.144. The number of rotatable bonds is 7. The van der Waals surface area contributed by atoms with E-state index < -0.39 is 0 Å². The fraction of sp³-hybridized carbons (Fsp3) is 0.923. The third-order valence-corrected chi connectivity index (χ3v) is 3.39. The molecule has 4 nitrogen and oxygen atoms in total. The highest BCUT2D eigenvalue weighted by atomic mass is 16.5. The Morgan fingerprint density at radius 3 is 2.53 bits per heavy atom. The summed E-state index contributed by atoms with van der Waals surface area (Å²) in [6.07, 6.45) is 1.16. The zero-order chi connectivity index (χ0) is 13.1. The second-order valence-electron chi connectivity index (χ2n) is 6.28. The van der Waals surface area contributed by atoms with Gasteiger partial charge in [-0.2, -0.15) is 0 Å². The van der Waals surface area contributed by atoms with E-state index in [0.29, 0.717) is 19.4 Å². The molecule has 1 rings (SSSR count). The molecule has 1 fully saturated rings. The molecule has 0 aromatic heterocycles. The van der Waals surface area contributed by atoms with Gasteiger partial charge in [0, 0.05) is 25.2 Å². The maximum Gasteiger partial charge on any atom is 0.307 e. The molecule has 0 saturated carbocycles. The van der Waals surface area contributed by atoms with Crippen LogP contribution in [0.2, 0.25) is 0 Å². The van der Waals surface area contributed by atoms with Crippen LogP contribution >= 0.6 is 0 Å². The molecular formula is C13H25NO3. The van der Waals surface area contributed by atoms with Gasteiger partial charge >= 0.3 is 5.97 Å². The van der Waals surface area contributed by atoms with E-state index in [1.165, 1.54) is 0 Å². The van der Waals surface area contributed by atoms with Crippen molar-refractivity contribution in [3.63, 3.8) is 0 Å². The average Bonchev–Trinajstić information content (AvgIpc) is 2.83. The Balaban J connectivity index is 2.06. The van der Waals surface area contributed by atoms with Crippen molar-refractivity contribution in [2.24, 2.45) is 5.41 Å². The summed E-state index contributed by atoms with van der Waals surface area (Å²) < 4.78 is 5.15. The van der Waals surface area contributed by atoms with E-state index in [2.05, 4.69) is 18.7 Å². The minimum absolute atomic E-state index is 0.118. The highest BCUT2D eigenvalue weighted by molar-refractivity contribution is 5.69. The van der Waals surface area contributed by atoms with Crippen LogP contribution in [-0.4, -0.2) is 47.8 Å². The Kier molecular flexibility index (Phi) is 4.55. The first-order chi connectivity index (χ1) is 7.77. The normalized spacial score (nSPS) is 22.3. The predicted octanol–water partition coefficient (Wildman–Crippen LogP) is 1.42. The van der Waals surface area contributed by atoms with Crippen molar-refractivity contribution in [2.75, 3.05) is 26.3 Å². The molecule has 1 aliphatic rings. The molecule has 1 atom stereocenters. The third-order valence-electron chi connectivity index (χ3n) is 3.39. The monoisotopic (exact) mass is 243 g/mol. The second kappa shape index (κ2) is 5.36. The molecule has 0 spiro atoms. The van der Waals surface area contributed by atoms with Crippen LogP contribution in [0.4, 0.5) is 0 Å². The Morgan fingerprint density at radius 2 is 2.06 bits per heavy atom. The summed E-state index contributed by atoms with van der Waals surface area (Å²) in [6, 6.07) is 0. The van der Waals surface area contributed by atoms with Crippen molar-refractivity contribution in [3.05, 3.63) is 0 Å². The van der Waals surface area contributed by atoms with Gasteiger partial charge in [-0.25, -0.2) is 0 Å². The number of nitrogens with zero attached hydrogens (tertiary/aromatic N) is 1. The van der Waals surface area contributed by atoms with E-state index in [0.717, 1.165) is 13.1 Å². The highest BCUT2D eigenvalue weighted by Crippen LogP contribution is 2.30. The molecule has 1 heterocycles. The molecule has 0 bridgehead atoms. The molecule has 0 aromatic carbocycles. The molecule has 0 radical (unpaired) electrons. The van der Waals surface area contributed by atoms with Gasteiger partial charge in [-0.1, -0.05) is 13.8 Å². The summed E-state index contributed by atoms with van der Waals surface area (Å²) in [5.41, 5.74) is 0.113. The summed E-state index contributed by atoms with van der Waals surface area (Å²) in [6.45, 7) is 10.6. The maximum atomic E-state index is 11.4. The fourth-order valence-corrected chi connectivity index (χ4v) is 1.63. The summed E-state index contributed by atoms with van der Waals surface area (Å²) in [7, 11) is 0. The quantitative estimate of drug-likeness (QED) is 0.543. The molecule has 1 saturated heterocycles. The third kappa shape index (κ3) is 5.04. The van der Waals surface area contributed by atoms with E-state index in [-0.39, 0.29) is 23.5 Å². The van der Waals surface area contributed by atoms with Crippen molar-refractivity contribution in [1.82, 2.24) is 4.90 Å². The van der Waals surface area contributed by atoms with Crippen LogP contribution in [0.15, 0.2) is 0 Å². The van der Waals surface area contributed by atoms with Gasteiger partial charge in [-0.05, 0) is 25.7 Å². The van der Waals surface area contributed by atoms with Crippen molar-refractivity contribution in [3.8, 4) is 0 Å². The summed E-state index contributed by atoms with van der Waals surface area (Å²) >= 11 is 0. The lowest BCUT2D eigenvalue weighted by Gasteiger charge is -2.20. The second-order valence-corrected chi connectivity index (χ2v) is 6.28. The van der Waals surface area contributed by atoms with Crippen molar-refractivity contribution >= 4 is 5.97 Å². The van der Waals surface area contributed by atoms with E-state index in [4.69, 9.17) is 9.84 Å². The van der Waals surface area contributed by atoms with Crippen LogP contribution in [0.25, 0.3) is 0 Å². The molecule has 0 aromatic rings. The van der Waals surface area contributed by atoms with E-state index in [9.17, 15) is 4.79 Å². The molecule has 100 valence electrons. The number of ether oxygens (including phenoxy) is 1. The van der Waals surface area contributed by atoms with Crippen LogP contribution in [0.3, 0.4) is 0 Å². The molecule has 17 heavy (non-hydrogen) atoms. The Bertz CT molecular complexity index is 274. The molecule has 0 amide bonds. The molecule has 1 N–H and O–H groups in total. The van der Waals surface area contributed by atoms with Crippen molar-refractivity contribution < 1.29 is 14.6 Å². The van der Waals surface area contributed by atoms with Crippen LogP contribution < -0.4 is 0 Å². The molecule has 1 unspecified atom stereocenters. The maximum absolute atomic E-state index is 11.4. The largest absolute Gasteiger partial charge is 0.466 e. The van der Waals surface area contributed by atoms with Crippen LogP contribution in [0.5, 0.6) is 0 Å². The molecule has 0 aliphatic carbocycles. The predicted molar refractivity (Wildman–Crippen MR) is 66.7 cm³/mol. The zero-order valence-corrected chi connectivity index (χ0v) is 11.5. The number of aliphatic hydroxyl groups is 1. The van der Waals surface area contributed by atoms with Gasteiger partial charge in [-0.3, -0.25) is 9.69 Å². The fourth-order valence-electron chi connectivity index (χ4n) is 1.63. The highest BCUT2D eigenvalue weighted by Gasteiger charge is 2.42. The smallest absolute Gasteiger partial charge is 0.307 e. The number of aliphatic hydroxyl groups excluding tert-OH is 1. The lowest BCUT2D eigenvalue weighted by Crippen LogP contribution is -2.21. The minimum Gasteiger partial charge on any atom is -0.466 e. The average molecular weight is 243 g/mol. The first-order valence-corrected chi connectivity index (χ1v) is 6.28. The van der Waals surface area contributed by atoms with Gasteiger partial charge in [0.15, 0.2) is 0 Å². The zero-order valence-electron chi connectivity index (χ0n) is 11.5. The topological polar surface area (TPSA) is 49.5 Å². The summed E-state index contributed by atoms with van der Waals surface area (Å²) in [5.74, 6) is -0.138. The number of esters is 1. The van der Waals surface area contributed by atoms with Gasteiger partial charge in [0.25, 0.3) is 0 Å². The van der Waals surface area contributed by atoms with Gasteiger partial charge in [0.05, 0.1) is 13.0 Å². The van der Waals surface area contributed by atoms with Crippen LogP contribution in [0, 0.1) is 5.41 Å². The van der Waals surface area contributed by atoms with E-state index in [1.807, 2.05) is 13.8 Å². The SMILES string of the molecule is CC(C)(CO)CCOC(=O)CCN1CC1(C)C. The van der Waals surface area contributed by atoms with Gasteiger partial charge in [0.1, 0.15) is 0 Å². The Labute approximate surface area is 104 Å². The van der Waals surface area contributed by atoms with E-state index in [1.54, 1.807) is 0 Å². The number of hydrogen-bond acceptors (Lipinski definition) is 4. The standard InChI is InChI=1S/C13H25NO3/c1-12(2,10-15)6-8-17-11(16)5-7-14-9-13(14,3)4/h15H,5-10H2,1-4H3. The van der Waals surface area contributed by atoms with Crippen LogP contribution in [-0.2, 0) is 9.53 Å². The minimum atomic E-state index is -0.164. The van der Waals surface area contributed by atoms with Crippen molar-refractivity contribution in [1.29, 1.82) is 0 Å². The molecular weight excluding hydrogens is 218 g/mol. The van der Waals surface area contributed by atoms with Crippen molar-refractivity contribution in [2.45, 2.75) is 46.1 Å².